The monoisotopic (exact) mass is 281 g/mol. The van der Waals surface area contributed by atoms with Crippen LogP contribution < -0.4 is 5.32 Å². The second kappa shape index (κ2) is 8.23. The van der Waals surface area contributed by atoms with Gasteiger partial charge in [0, 0.05) is 23.6 Å². The first-order valence-electron chi connectivity index (χ1n) is 6.62. The number of amides is 1. The molecule has 0 saturated heterocycles. The van der Waals surface area contributed by atoms with Gasteiger partial charge in [-0.2, -0.15) is 0 Å². The van der Waals surface area contributed by atoms with E-state index in [-0.39, 0.29) is 12.5 Å². The summed E-state index contributed by atoms with van der Waals surface area (Å²) < 4.78 is 0. The maximum Gasteiger partial charge on any atom is 0.251 e. The van der Waals surface area contributed by atoms with Crippen molar-refractivity contribution in [1.82, 2.24) is 5.32 Å². The Balaban J connectivity index is 2.49. The largest absolute Gasteiger partial charge is 0.396 e. The van der Waals surface area contributed by atoms with Gasteiger partial charge in [-0.3, -0.25) is 4.79 Å². The van der Waals surface area contributed by atoms with Crippen molar-refractivity contribution in [2.75, 3.05) is 19.4 Å². The van der Waals surface area contributed by atoms with Gasteiger partial charge in [0.15, 0.2) is 0 Å². The first kappa shape index (κ1) is 16.1. The van der Waals surface area contributed by atoms with Gasteiger partial charge in [-0.15, -0.1) is 11.8 Å². The molecule has 1 aromatic rings. The summed E-state index contributed by atoms with van der Waals surface area (Å²) in [6.07, 6.45) is 3.83. The number of aliphatic hydroxyl groups excluding tert-OH is 1. The second-order valence-corrected chi connectivity index (χ2v) is 5.75. The number of hydrogen-bond acceptors (Lipinski definition) is 3. The van der Waals surface area contributed by atoms with Crippen LogP contribution >= 0.6 is 11.8 Å². The number of carbonyl (C=O) groups is 1. The van der Waals surface area contributed by atoms with E-state index in [1.165, 1.54) is 0 Å². The highest BCUT2D eigenvalue weighted by molar-refractivity contribution is 7.98. The zero-order valence-corrected chi connectivity index (χ0v) is 12.7. The van der Waals surface area contributed by atoms with Crippen LogP contribution in [0.3, 0.4) is 0 Å². The Morgan fingerprint density at radius 2 is 2.21 bits per heavy atom. The van der Waals surface area contributed by atoms with Gasteiger partial charge in [0.25, 0.3) is 5.91 Å². The summed E-state index contributed by atoms with van der Waals surface area (Å²) in [5.41, 5.74) is 1.75. The van der Waals surface area contributed by atoms with Crippen molar-refractivity contribution in [1.29, 1.82) is 0 Å². The van der Waals surface area contributed by atoms with Gasteiger partial charge < -0.3 is 10.4 Å². The normalized spacial score (nSPS) is 12.2. The number of thioether (sulfide) groups is 1. The molecule has 0 spiro atoms. The van der Waals surface area contributed by atoms with Gasteiger partial charge in [0.2, 0.25) is 0 Å². The Morgan fingerprint density at radius 3 is 2.84 bits per heavy atom. The highest BCUT2D eigenvalue weighted by Gasteiger charge is 2.09. The lowest BCUT2D eigenvalue weighted by Crippen LogP contribution is -2.25. The van der Waals surface area contributed by atoms with E-state index in [4.69, 9.17) is 5.11 Å². The first-order valence-corrected chi connectivity index (χ1v) is 7.84. The molecule has 0 aliphatic rings. The topological polar surface area (TPSA) is 49.3 Å². The maximum atomic E-state index is 12.1. The Bertz CT molecular complexity index is 421. The fraction of sp³-hybridized carbons (Fsp3) is 0.533. The minimum Gasteiger partial charge on any atom is -0.396 e. The fourth-order valence-electron chi connectivity index (χ4n) is 1.81. The van der Waals surface area contributed by atoms with Gasteiger partial charge >= 0.3 is 0 Å². The van der Waals surface area contributed by atoms with Gasteiger partial charge in [-0.1, -0.05) is 13.0 Å². The third kappa shape index (κ3) is 5.25. The Labute approximate surface area is 119 Å². The molecule has 0 radical (unpaired) electrons. The molecule has 0 fully saturated rings. The van der Waals surface area contributed by atoms with Gasteiger partial charge in [0.05, 0.1) is 0 Å². The zero-order chi connectivity index (χ0) is 14.3. The summed E-state index contributed by atoms with van der Waals surface area (Å²) in [4.78, 5) is 13.2. The van der Waals surface area contributed by atoms with E-state index in [0.717, 1.165) is 28.9 Å². The molecule has 1 amide bonds. The van der Waals surface area contributed by atoms with Crippen LogP contribution in [0.4, 0.5) is 0 Å². The van der Waals surface area contributed by atoms with Crippen LogP contribution in [0.2, 0.25) is 0 Å². The van der Waals surface area contributed by atoms with E-state index in [2.05, 4.69) is 5.32 Å². The molecule has 0 aromatic heterocycles. The zero-order valence-electron chi connectivity index (χ0n) is 11.9. The summed E-state index contributed by atoms with van der Waals surface area (Å²) in [7, 11) is 0. The van der Waals surface area contributed by atoms with Crippen molar-refractivity contribution in [3.05, 3.63) is 29.3 Å². The van der Waals surface area contributed by atoms with Crippen molar-refractivity contribution in [3.63, 3.8) is 0 Å². The molecule has 3 nitrogen and oxygen atoms in total. The van der Waals surface area contributed by atoms with E-state index in [0.29, 0.717) is 12.5 Å². The van der Waals surface area contributed by atoms with E-state index in [1.807, 2.05) is 38.3 Å². The summed E-state index contributed by atoms with van der Waals surface area (Å²) in [6.45, 7) is 4.83. The minimum atomic E-state index is -0.00921. The molecule has 1 unspecified atom stereocenters. The lowest BCUT2D eigenvalue weighted by Gasteiger charge is -2.10. The van der Waals surface area contributed by atoms with E-state index in [9.17, 15) is 4.79 Å². The van der Waals surface area contributed by atoms with Crippen molar-refractivity contribution < 1.29 is 9.90 Å². The Hall–Kier alpha value is -1.00. The molecular formula is C15H23NO2S. The fourth-order valence-corrected chi connectivity index (χ4v) is 2.25. The van der Waals surface area contributed by atoms with Crippen molar-refractivity contribution in [2.45, 2.75) is 31.6 Å². The highest BCUT2D eigenvalue weighted by atomic mass is 32.2. The summed E-state index contributed by atoms with van der Waals surface area (Å²) >= 11 is 1.64. The number of aliphatic hydroxyl groups is 1. The summed E-state index contributed by atoms with van der Waals surface area (Å²) in [5.74, 6) is 0.295. The van der Waals surface area contributed by atoms with Gasteiger partial charge in [0.1, 0.15) is 0 Å². The Kier molecular flexibility index (Phi) is 6.95. The average molecular weight is 281 g/mol. The van der Waals surface area contributed by atoms with E-state index < -0.39 is 0 Å². The molecule has 0 aliphatic heterocycles. The Morgan fingerprint density at radius 1 is 1.47 bits per heavy atom. The van der Waals surface area contributed by atoms with Crippen molar-refractivity contribution in [3.8, 4) is 0 Å². The van der Waals surface area contributed by atoms with Crippen molar-refractivity contribution in [2.24, 2.45) is 5.92 Å². The number of nitrogens with one attached hydrogen (secondary N) is 1. The van der Waals surface area contributed by atoms with Crippen LogP contribution in [-0.2, 0) is 0 Å². The van der Waals surface area contributed by atoms with E-state index in [1.54, 1.807) is 11.8 Å². The molecule has 4 heteroatoms. The molecule has 19 heavy (non-hydrogen) atoms. The molecule has 1 rings (SSSR count). The number of hydrogen-bond donors (Lipinski definition) is 2. The molecule has 2 N–H and O–H groups in total. The lowest BCUT2D eigenvalue weighted by atomic mass is 10.1. The minimum absolute atomic E-state index is 0.00921. The second-order valence-electron chi connectivity index (χ2n) is 4.87. The molecule has 0 saturated carbocycles. The number of benzene rings is 1. The molecule has 1 atom stereocenters. The van der Waals surface area contributed by atoms with Crippen LogP contribution in [0.1, 0.15) is 35.7 Å². The van der Waals surface area contributed by atoms with Gasteiger partial charge in [-0.25, -0.2) is 0 Å². The van der Waals surface area contributed by atoms with Crippen LogP contribution in [0, 0.1) is 12.8 Å². The summed E-state index contributed by atoms with van der Waals surface area (Å²) in [6, 6.07) is 5.94. The molecular weight excluding hydrogens is 258 g/mol. The standard InChI is InChI=1S/C15H23NO2S/c1-11(10-17)5-4-8-16-15(18)14-9-13(19-3)7-6-12(14)2/h6-7,9,11,17H,4-5,8,10H2,1-3H3,(H,16,18). The van der Waals surface area contributed by atoms with Crippen LogP contribution in [0.15, 0.2) is 23.1 Å². The van der Waals surface area contributed by atoms with Gasteiger partial charge in [-0.05, 0) is 49.6 Å². The number of rotatable bonds is 7. The smallest absolute Gasteiger partial charge is 0.251 e. The predicted molar refractivity (Wildman–Crippen MR) is 80.8 cm³/mol. The quantitative estimate of drug-likeness (QED) is 0.597. The molecule has 1 aromatic carbocycles. The SMILES string of the molecule is CSc1ccc(C)c(C(=O)NCCCC(C)CO)c1. The maximum absolute atomic E-state index is 12.1. The number of aryl methyl sites for hydroxylation is 1. The van der Waals surface area contributed by atoms with Crippen LogP contribution in [-0.4, -0.2) is 30.4 Å². The highest BCUT2D eigenvalue weighted by Crippen LogP contribution is 2.19. The van der Waals surface area contributed by atoms with Crippen LogP contribution in [0.25, 0.3) is 0 Å². The third-order valence-electron chi connectivity index (χ3n) is 3.16. The first-order chi connectivity index (χ1) is 9.08. The van der Waals surface area contributed by atoms with Crippen molar-refractivity contribution >= 4 is 17.7 Å². The van der Waals surface area contributed by atoms with Crippen LogP contribution in [0.5, 0.6) is 0 Å². The molecule has 106 valence electrons. The summed E-state index contributed by atoms with van der Waals surface area (Å²) in [5, 5.41) is 11.9. The average Bonchev–Trinajstić information content (AvgIpc) is 2.43. The third-order valence-corrected chi connectivity index (χ3v) is 3.89. The molecule has 0 aliphatic carbocycles. The molecule has 0 bridgehead atoms. The lowest BCUT2D eigenvalue weighted by molar-refractivity contribution is 0.0951. The van der Waals surface area contributed by atoms with E-state index >= 15 is 0 Å². The number of carbonyl (C=O) groups excluding carboxylic acids is 1. The predicted octanol–water partition coefficient (Wildman–Crippen LogP) is 2.86. The molecule has 0 heterocycles.